The molecule has 2 aromatic carbocycles. The van der Waals surface area contributed by atoms with Gasteiger partial charge in [0.05, 0.1) is 31.4 Å². The predicted molar refractivity (Wildman–Crippen MR) is 150 cm³/mol. The molecule has 0 bridgehead atoms. The van der Waals surface area contributed by atoms with Crippen LogP contribution in [0.2, 0.25) is 0 Å². The lowest BCUT2D eigenvalue weighted by molar-refractivity contribution is -0.276. The van der Waals surface area contributed by atoms with E-state index in [4.69, 9.17) is 18.9 Å². The number of rotatable bonds is 11. The zero-order valence-corrected chi connectivity index (χ0v) is 23.2. The number of halogens is 1. The summed E-state index contributed by atoms with van der Waals surface area (Å²) in [6.45, 7) is 6.69. The van der Waals surface area contributed by atoms with Crippen molar-refractivity contribution in [3.05, 3.63) is 59.4 Å². The van der Waals surface area contributed by atoms with E-state index in [1.165, 1.54) is 12.4 Å². The second-order valence-electron chi connectivity index (χ2n) is 8.44. The van der Waals surface area contributed by atoms with Gasteiger partial charge in [0.2, 0.25) is 5.91 Å². The van der Waals surface area contributed by atoms with Gasteiger partial charge in [-0.25, -0.2) is 9.97 Å². The number of benzene rings is 2. The van der Waals surface area contributed by atoms with Gasteiger partial charge in [0, 0.05) is 47.4 Å². The molecule has 1 saturated heterocycles. The van der Waals surface area contributed by atoms with Crippen molar-refractivity contribution in [3.63, 3.8) is 0 Å². The topological polar surface area (TPSA) is 107 Å². The Morgan fingerprint density at radius 3 is 2.61 bits per heavy atom. The number of anilines is 3. The molecule has 11 heteroatoms. The highest BCUT2D eigenvalue weighted by Crippen LogP contribution is 2.33. The van der Waals surface area contributed by atoms with Gasteiger partial charge in [0.25, 0.3) is 0 Å². The number of carbonyl (C=O) groups excluding carboxylic acids is 1. The summed E-state index contributed by atoms with van der Waals surface area (Å²) in [4.78, 5) is 23.7. The Labute approximate surface area is 230 Å². The number of amides is 1. The minimum absolute atomic E-state index is 0.281. The zero-order valence-electron chi connectivity index (χ0n) is 21.6. The van der Waals surface area contributed by atoms with Gasteiger partial charge in [0.1, 0.15) is 17.9 Å². The van der Waals surface area contributed by atoms with Crippen molar-refractivity contribution in [1.29, 1.82) is 0 Å². The summed E-state index contributed by atoms with van der Waals surface area (Å²) in [5.74, 6) is 0.831. The van der Waals surface area contributed by atoms with Crippen LogP contribution >= 0.6 is 15.9 Å². The largest absolute Gasteiger partial charge is 0.494 e. The van der Waals surface area contributed by atoms with Crippen LogP contribution in [0.25, 0.3) is 10.9 Å². The van der Waals surface area contributed by atoms with Crippen LogP contribution in [0.15, 0.2) is 59.4 Å². The third-order valence-electron chi connectivity index (χ3n) is 5.76. The average Bonchev–Trinajstić information content (AvgIpc) is 2.89. The molecule has 2 unspecified atom stereocenters. The number of aromatic nitrogens is 2. The highest BCUT2D eigenvalue weighted by atomic mass is 79.9. The molecule has 0 aliphatic carbocycles. The molecule has 0 spiro atoms. The van der Waals surface area contributed by atoms with E-state index >= 15 is 0 Å². The van der Waals surface area contributed by atoms with Crippen molar-refractivity contribution in [2.45, 2.75) is 26.4 Å². The minimum Gasteiger partial charge on any atom is -0.494 e. The van der Waals surface area contributed by atoms with E-state index < -0.39 is 0 Å². The molecular formula is C27H32BrN5O5. The van der Waals surface area contributed by atoms with Gasteiger partial charge < -0.3 is 29.6 Å². The van der Waals surface area contributed by atoms with E-state index in [0.717, 1.165) is 15.5 Å². The Hall–Kier alpha value is -3.09. The van der Waals surface area contributed by atoms with Crippen molar-refractivity contribution in [3.8, 4) is 5.75 Å². The molecule has 10 nitrogen and oxygen atoms in total. The van der Waals surface area contributed by atoms with Crippen molar-refractivity contribution in [2.75, 3.05) is 50.6 Å². The molecule has 1 aromatic heterocycles. The highest BCUT2D eigenvalue weighted by Gasteiger charge is 2.27. The zero-order chi connectivity index (χ0) is 26.9. The fourth-order valence-electron chi connectivity index (χ4n) is 4.09. The van der Waals surface area contributed by atoms with E-state index in [9.17, 15) is 4.79 Å². The molecule has 3 aromatic rings. The number of nitrogens with zero attached hydrogens (tertiary/aromatic N) is 3. The van der Waals surface area contributed by atoms with Crippen molar-refractivity contribution >= 4 is 49.9 Å². The molecule has 2 atom stereocenters. The first kappa shape index (κ1) is 27.9. The van der Waals surface area contributed by atoms with Crippen LogP contribution in [0.5, 0.6) is 5.75 Å². The maximum Gasteiger partial charge on any atom is 0.248 e. The number of ether oxygens (including phenoxy) is 4. The molecule has 4 rings (SSSR count). The van der Waals surface area contributed by atoms with Crippen LogP contribution < -0.4 is 15.4 Å². The van der Waals surface area contributed by atoms with Crippen LogP contribution in [-0.4, -0.2) is 73.3 Å². The normalized spacial score (nSPS) is 18.1. The SMILES string of the molecule is CCOC1CN(CC=CC(=O)Nc2cc3c(Nc4cccc(Br)c4)ncnc3cc2OC)CC(OCC)O1. The number of methoxy groups -OCH3 is 1. The van der Waals surface area contributed by atoms with E-state index in [1.54, 1.807) is 13.2 Å². The van der Waals surface area contributed by atoms with Crippen molar-refractivity contribution < 1.29 is 23.7 Å². The lowest BCUT2D eigenvalue weighted by Gasteiger charge is -2.36. The number of nitrogens with one attached hydrogen (secondary N) is 2. The number of hydrogen-bond acceptors (Lipinski definition) is 9. The first-order valence-corrected chi connectivity index (χ1v) is 13.2. The Kier molecular flexibility index (Phi) is 10.0. The van der Waals surface area contributed by atoms with Gasteiger partial charge in [-0.3, -0.25) is 9.69 Å². The summed E-state index contributed by atoms with van der Waals surface area (Å²) in [6.07, 6.45) is 4.07. The van der Waals surface area contributed by atoms with E-state index in [1.807, 2.05) is 50.3 Å². The standard InChI is InChI=1S/C27H32BrN5O5/c1-4-36-25-15-33(16-26(38-25)37-5-2)11-7-10-24(34)32-22-13-20-21(14-23(22)35-3)29-17-30-27(20)31-19-9-6-8-18(28)12-19/h6-10,12-14,17,25-26H,4-5,11,15-16H2,1-3H3,(H,32,34)(H,29,30,31). The Bertz CT molecular complexity index is 1260. The van der Waals surface area contributed by atoms with E-state index in [-0.39, 0.29) is 18.5 Å². The summed E-state index contributed by atoms with van der Waals surface area (Å²) < 4.78 is 23.5. The van der Waals surface area contributed by atoms with Crippen LogP contribution in [0.3, 0.4) is 0 Å². The smallest absolute Gasteiger partial charge is 0.248 e. The quantitative estimate of drug-likeness (QED) is 0.310. The molecule has 1 aliphatic heterocycles. The molecule has 1 aliphatic rings. The lowest BCUT2D eigenvalue weighted by atomic mass is 10.2. The molecular weight excluding hydrogens is 554 g/mol. The average molecular weight is 586 g/mol. The first-order chi connectivity index (χ1) is 18.5. The third-order valence-corrected chi connectivity index (χ3v) is 6.25. The Morgan fingerprint density at radius 2 is 1.92 bits per heavy atom. The van der Waals surface area contributed by atoms with Crippen LogP contribution in [-0.2, 0) is 19.0 Å². The van der Waals surface area contributed by atoms with Crippen LogP contribution in [0, 0.1) is 0 Å². The molecule has 202 valence electrons. The number of carbonyl (C=O) groups is 1. The molecule has 0 radical (unpaired) electrons. The first-order valence-electron chi connectivity index (χ1n) is 12.4. The number of hydrogen-bond donors (Lipinski definition) is 2. The summed E-state index contributed by atoms with van der Waals surface area (Å²) in [6, 6.07) is 11.4. The van der Waals surface area contributed by atoms with E-state index in [2.05, 4.69) is 41.4 Å². The van der Waals surface area contributed by atoms with Gasteiger partial charge in [-0.15, -0.1) is 0 Å². The van der Waals surface area contributed by atoms with Gasteiger partial charge >= 0.3 is 0 Å². The second kappa shape index (κ2) is 13.6. The summed E-state index contributed by atoms with van der Waals surface area (Å²) >= 11 is 3.48. The molecule has 1 amide bonds. The summed E-state index contributed by atoms with van der Waals surface area (Å²) in [5, 5.41) is 6.97. The van der Waals surface area contributed by atoms with Gasteiger partial charge in [-0.1, -0.05) is 28.1 Å². The van der Waals surface area contributed by atoms with E-state index in [0.29, 0.717) is 55.6 Å². The Morgan fingerprint density at radius 1 is 1.16 bits per heavy atom. The molecule has 2 N–H and O–H groups in total. The third kappa shape index (κ3) is 7.49. The molecule has 1 fully saturated rings. The van der Waals surface area contributed by atoms with Crippen LogP contribution in [0.1, 0.15) is 13.8 Å². The monoisotopic (exact) mass is 585 g/mol. The summed E-state index contributed by atoms with van der Waals surface area (Å²) in [5.41, 5.74) is 2.06. The maximum atomic E-state index is 12.8. The lowest BCUT2D eigenvalue weighted by Crippen LogP contribution is -2.49. The fraction of sp³-hybridized carbons (Fsp3) is 0.370. The van der Waals surface area contributed by atoms with Crippen molar-refractivity contribution in [2.24, 2.45) is 0 Å². The van der Waals surface area contributed by atoms with Gasteiger partial charge in [-0.2, -0.15) is 0 Å². The van der Waals surface area contributed by atoms with Gasteiger partial charge in [0.15, 0.2) is 12.6 Å². The van der Waals surface area contributed by atoms with Crippen LogP contribution in [0.4, 0.5) is 17.2 Å². The maximum absolute atomic E-state index is 12.8. The number of morpholine rings is 1. The highest BCUT2D eigenvalue weighted by molar-refractivity contribution is 9.10. The number of fused-ring (bicyclic) bond motifs is 1. The second-order valence-corrected chi connectivity index (χ2v) is 9.36. The predicted octanol–water partition coefficient (Wildman–Crippen LogP) is 4.70. The molecule has 0 saturated carbocycles. The molecule has 2 heterocycles. The minimum atomic E-state index is -0.364. The Balaban J connectivity index is 1.46. The van der Waals surface area contributed by atoms with Crippen molar-refractivity contribution in [1.82, 2.24) is 14.9 Å². The van der Waals surface area contributed by atoms with Gasteiger partial charge in [-0.05, 0) is 38.1 Å². The fourth-order valence-corrected chi connectivity index (χ4v) is 4.49. The summed E-state index contributed by atoms with van der Waals surface area (Å²) in [7, 11) is 1.55. The molecule has 38 heavy (non-hydrogen) atoms.